The number of nitrogens with zero attached hydrogens (tertiary/aromatic N) is 2. The van der Waals surface area contributed by atoms with E-state index >= 15 is 0 Å². The lowest BCUT2D eigenvalue weighted by Gasteiger charge is -2.28. The number of barbiturate groups is 1. The maximum Gasteiger partial charge on any atom is 0.416 e. The summed E-state index contributed by atoms with van der Waals surface area (Å²) in [5.41, 5.74) is -1.14. The molecule has 0 unspecified atom stereocenters. The van der Waals surface area contributed by atoms with Gasteiger partial charge in [0.15, 0.2) is 5.92 Å². The highest BCUT2D eigenvalue weighted by Gasteiger charge is 2.41. The van der Waals surface area contributed by atoms with Gasteiger partial charge in [0.05, 0.1) is 25.5 Å². The molecule has 3 rings (SSSR count). The van der Waals surface area contributed by atoms with E-state index in [0.717, 1.165) is 24.4 Å². The van der Waals surface area contributed by atoms with Gasteiger partial charge in [0, 0.05) is 12.3 Å². The number of imide groups is 2. The van der Waals surface area contributed by atoms with Crippen molar-refractivity contribution in [1.82, 2.24) is 5.32 Å². The smallest absolute Gasteiger partial charge is 0.416 e. The number of hydrogen-bond donors (Lipinski definition) is 1. The lowest BCUT2D eigenvalue weighted by atomic mass is 10.0. The van der Waals surface area contributed by atoms with E-state index in [0.29, 0.717) is 22.5 Å². The van der Waals surface area contributed by atoms with Crippen LogP contribution in [0.1, 0.15) is 5.56 Å². The molecular weight excluding hydrogens is 419 g/mol. The third-order valence-electron chi connectivity index (χ3n) is 4.38. The number of carbonyl (C=O) groups excluding carboxylic acids is 3. The molecule has 1 saturated heterocycles. The highest BCUT2D eigenvalue weighted by Crippen LogP contribution is 2.33. The Morgan fingerprint density at radius 1 is 1.06 bits per heavy atom. The van der Waals surface area contributed by atoms with Crippen LogP contribution < -0.4 is 19.7 Å². The average molecular weight is 435 g/mol. The molecule has 1 heterocycles. The molecule has 1 fully saturated rings. The van der Waals surface area contributed by atoms with E-state index in [2.05, 4.69) is 4.99 Å². The van der Waals surface area contributed by atoms with Crippen LogP contribution in [0.5, 0.6) is 11.5 Å². The number of amides is 4. The van der Waals surface area contributed by atoms with Gasteiger partial charge in [-0.15, -0.1) is 0 Å². The van der Waals surface area contributed by atoms with Crippen LogP contribution in [0.3, 0.4) is 0 Å². The van der Waals surface area contributed by atoms with Gasteiger partial charge in [0.2, 0.25) is 5.91 Å². The first kappa shape index (κ1) is 21.8. The summed E-state index contributed by atoms with van der Waals surface area (Å²) in [5.74, 6) is -2.79. The molecule has 0 radical (unpaired) electrons. The van der Waals surface area contributed by atoms with Gasteiger partial charge >= 0.3 is 12.2 Å². The number of benzene rings is 2. The number of urea groups is 1. The molecule has 162 valence electrons. The monoisotopic (exact) mass is 435 g/mol. The molecule has 1 aliphatic rings. The van der Waals surface area contributed by atoms with E-state index in [1.807, 2.05) is 5.32 Å². The Morgan fingerprint density at radius 2 is 1.81 bits per heavy atom. The Labute approximate surface area is 174 Å². The minimum Gasteiger partial charge on any atom is -0.497 e. The van der Waals surface area contributed by atoms with Gasteiger partial charge in [-0.2, -0.15) is 13.2 Å². The van der Waals surface area contributed by atoms with Crippen molar-refractivity contribution in [3.8, 4) is 11.5 Å². The first-order valence-electron chi connectivity index (χ1n) is 8.78. The van der Waals surface area contributed by atoms with Crippen LogP contribution in [0.4, 0.5) is 29.3 Å². The third-order valence-corrected chi connectivity index (χ3v) is 4.38. The van der Waals surface area contributed by atoms with Gasteiger partial charge < -0.3 is 9.47 Å². The van der Waals surface area contributed by atoms with E-state index in [1.165, 1.54) is 20.3 Å². The van der Waals surface area contributed by atoms with E-state index in [4.69, 9.17) is 9.47 Å². The predicted molar refractivity (Wildman–Crippen MR) is 104 cm³/mol. The fourth-order valence-electron chi connectivity index (χ4n) is 2.84. The Hall–Kier alpha value is -3.89. The number of hydrogen-bond acceptors (Lipinski definition) is 6. The Kier molecular flexibility index (Phi) is 5.95. The Morgan fingerprint density at radius 3 is 2.45 bits per heavy atom. The zero-order chi connectivity index (χ0) is 22.8. The third kappa shape index (κ3) is 4.49. The van der Waals surface area contributed by atoms with Crippen molar-refractivity contribution in [3.63, 3.8) is 0 Å². The molecule has 31 heavy (non-hydrogen) atoms. The van der Waals surface area contributed by atoms with Gasteiger partial charge in [0.1, 0.15) is 17.2 Å². The molecule has 1 aliphatic heterocycles. The van der Waals surface area contributed by atoms with Crippen LogP contribution >= 0.6 is 0 Å². The quantitative estimate of drug-likeness (QED) is 0.574. The molecule has 1 atom stereocenters. The van der Waals surface area contributed by atoms with Crippen molar-refractivity contribution in [2.24, 2.45) is 10.9 Å². The number of nitrogens with one attached hydrogen (secondary N) is 1. The summed E-state index contributed by atoms with van der Waals surface area (Å²) in [6.07, 6.45) is -3.69. The molecule has 0 aromatic heterocycles. The summed E-state index contributed by atoms with van der Waals surface area (Å²) in [6.45, 7) is 0. The van der Waals surface area contributed by atoms with Gasteiger partial charge in [-0.05, 0) is 30.3 Å². The van der Waals surface area contributed by atoms with Crippen LogP contribution in [0.15, 0.2) is 47.5 Å². The summed E-state index contributed by atoms with van der Waals surface area (Å²) in [7, 11) is 2.83. The Balaban J connectivity index is 1.95. The van der Waals surface area contributed by atoms with Crippen molar-refractivity contribution in [3.05, 3.63) is 48.0 Å². The summed E-state index contributed by atoms with van der Waals surface area (Å²) < 4.78 is 49.3. The second kappa shape index (κ2) is 8.46. The molecule has 2 aromatic carbocycles. The van der Waals surface area contributed by atoms with Crippen LogP contribution in [0.25, 0.3) is 0 Å². The molecule has 8 nitrogen and oxygen atoms in total. The molecular formula is C20H16F3N3O5. The van der Waals surface area contributed by atoms with Crippen molar-refractivity contribution in [1.29, 1.82) is 0 Å². The van der Waals surface area contributed by atoms with Gasteiger partial charge in [-0.3, -0.25) is 19.9 Å². The van der Waals surface area contributed by atoms with Crippen LogP contribution in [-0.4, -0.2) is 38.3 Å². The fourth-order valence-corrected chi connectivity index (χ4v) is 2.84. The lowest BCUT2D eigenvalue weighted by molar-refractivity contribution is -0.138. The largest absolute Gasteiger partial charge is 0.497 e. The number of carbonyl (C=O) groups is 3. The molecule has 11 heteroatoms. The summed E-state index contributed by atoms with van der Waals surface area (Å²) in [4.78, 5) is 41.8. The minimum atomic E-state index is -4.68. The van der Waals surface area contributed by atoms with Gasteiger partial charge in [-0.1, -0.05) is 6.07 Å². The van der Waals surface area contributed by atoms with Crippen LogP contribution in [0, 0.1) is 5.92 Å². The van der Waals surface area contributed by atoms with E-state index in [9.17, 15) is 27.6 Å². The molecule has 2 aromatic rings. The maximum absolute atomic E-state index is 13.0. The second-order valence-corrected chi connectivity index (χ2v) is 6.31. The second-order valence-electron chi connectivity index (χ2n) is 6.31. The summed E-state index contributed by atoms with van der Waals surface area (Å²) >= 11 is 0. The number of halogens is 3. The number of anilines is 1. The number of aliphatic imine (C=N–C) groups is 1. The van der Waals surface area contributed by atoms with Crippen molar-refractivity contribution in [2.45, 2.75) is 6.18 Å². The maximum atomic E-state index is 13.0. The lowest BCUT2D eigenvalue weighted by Crippen LogP contribution is -2.58. The fraction of sp³-hybridized carbons (Fsp3) is 0.200. The molecule has 1 N–H and O–H groups in total. The molecule has 4 amide bonds. The number of alkyl halides is 3. The average Bonchev–Trinajstić information content (AvgIpc) is 2.72. The highest BCUT2D eigenvalue weighted by molar-refractivity contribution is 6.32. The SMILES string of the molecule is COc1ccc(OC)c(N=C[C@H]2C(=O)NC(=O)N(c3cccc(C(F)(F)F)c3)C2=O)c1. The molecule has 0 spiro atoms. The first-order valence-corrected chi connectivity index (χ1v) is 8.78. The van der Waals surface area contributed by atoms with Crippen LogP contribution in [0.2, 0.25) is 0 Å². The van der Waals surface area contributed by atoms with Gasteiger partial charge in [0.25, 0.3) is 5.91 Å². The highest BCUT2D eigenvalue weighted by atomic mass is 19.4. The number of methoxy groups -OCH3 is 2. The van der Waals surface area contributed by atoms with Crippen molar-refractivity contribution in [2.75, 3.05) is 19.1 Å². The topological polar surface area (TPSA) is 97.3 Å². The van der Waals surface area contributed by atoms with E-state index in [1.54, 1.807) is 12.1 Å². The normalized spacial score (nSPS) is 17.1. The predicted octanol–water partition coefficient (Wildman–Crippen LogP) is 3.32. The minimum absolute atomic E-state index is 0.241. The summed E-state index contributed by atoms with van der Waals surface area (Å²) in [6, 6.07) is 7.17. The number of ether oxygens (including phenoxy) is 2. The van der Waals surface area contributed by atoms with E-state index < -0.39 is 35.5 Å². The first-order chi connectivity index (χ1) is 14.7. The number of rotatable bonds is 5. The zero-order valence-electron chi connectivity index (χ0n) is 16.3. The molecule has 0 aliphatic carbocycles. The van der Waals surface area contributed by atoms with Crippen molar-refractivity contribution < 1.29 is 37.0 Å². The zero-order valence-corrected chi connectivity index (χ0v) is 16.3. The van der Waals surface area contributed by atoms with Gasteiger partial charge in [-0.25, -0.2) is 9.69 Å². The van der Waals surface area contributed by atoms with Crippen molar-refractivity contribution >= 4 is 35.4 Å². The Bertz CT molecular complexity index is 1070. The van der Waals surface area contributed by atoms with E-state index in [-0.39, 0.29) is 11.4 Å². The molecule has 0 saturated carbocycles. The molecule has 0 bridgehead atoms. The standard InChI is InChI=1S/C20H16F3N3O5/c1-30-13-6-7-16(31-2)15(9-13)24-10-14-17(27)25-19(29)26(18(14)28)12-5-3-4-11(8-12)20(21,22)23/h3-10,14H,1-2H3,(H,25,27,29)/t14-/m0/s1. The van der Waals surface area contributed by atoms with Crippen LogP contribution in [-0.2, 0) is 15.8 Å². The summed E-state index contributed by atoms with van der Waals surface area (Å²) in [5, 5.41) is 1.95.